The normalized spacial score (nSPS) is 10.7. The van der Waals surface area contributed by atoms with Crippen LogP contribution in [0.5, 0.6) is 0 Å². The number of carbonyl (C=O) groups excluding carboxylic acids is 1. The van der Waals surface area contributed by atoms with Crippen LogP contribution >= 0.6 is 11.6 Å². The third kappa shape index (κ3) is 5.37. The van der Waals surface area contributed by atoms with Crippen LogP contribution in [0, 0.1) is 0 Å². The minimum absolute atomic E-state index is 0.306. The van der Waals surface area contributed by atoms with Crippen molar-refractivity contribution in [3.05, 3.63) is 145 Å². The van der Waals surface area contributed by atoms with Crippen molar-refractivity contribution in [2.24, 2.45) is 0 Å². The lowest BCUT2D eigenvalue weighted by molar-refractivity contribution is 0.262. The molecule has 0 radical (unpaired) electrons. The van der Waals surface area contributed by atoms with Gasteiger partial charge in [-0.2, -0.15) is 0 Å². The first-order valence-corrected chi connectivity index (χ1v) is 13.3. The number of para-hydroxylation sites is 1. The second-order valence-corrected chi connectivity index (χ2v) is 9.64. The predicted molar refractivity (Wildman–Crippen MR) is 164 cm³/mol. The molecule has 2 amide bonds. The first-order valence-electron chi connectivity index (χ1n) is 12.9. The number of imidazole rings is 1. The van der Waals surface area contributed by atoms with Crippen molar-refractivity contribution < 1.29 is 4.79 Å². The van der Waals surface area contributed by atoms with E-state index in [9.17, 15) is 4.79 Å². The van der Waals surface area contributed by atoms with E-state index < -0.39 is 0 Å². The zero-order valence-corrected chi connectivity index (χ0v) is 22.2. The van der Waals surface area contributed by atoms with Crippen LogP contribution in [0.4, 0.5) is 16.2 Å². The number of amides is 2. The Morgan fingerprint density at radius 3 is 1.70 bits per heavy atom. The van der Waals surface area contributed by atoms with Crippen molar-refractivity contribution >= 4 is 29.0 Å². The lowest BCUT2D eigenvalue weighted by atomic mass is 10.0. The number of halogens is 1. The molecule has 194 valence electrons. The van der Waals surface area contributed by atoms with Gasteiger partial charge in [0.1, 0.15) is 5.82 Å². The van der Waals surface area contributed by atoms with Gasteiger partial charge in [-0.25, -0.2) is 9.78 Å². The second kappa shape index (κ2) is 11.3. The van der Waals surface area contributed by atoms with E-state index in [-0.39, 0.29) is 6.03 Å². The second-order valence-electron chi connectivity index (χ2n) is 9.20. The standard InChI is InChI=1S/C34H25ClN4O/c35-27-18-16-26(17-19-27)33-38-31(24-10-4-1-5-11-24)32(25-12-6-2-7-13-25)39(33)30-22-20-29(21-23-30)37-34(40)36-28-14-8-3-9-15-28/h1-23H,(H2,36,37,40). The Bertz CT molecular complexity index is 1730. The highest BCUT2D eigenvalue weighted by Crippen LogP contribution is 2.38. The number of rotatable bonds is 6. The number of aromatic nitrogens is 2. The van der Waals surface area contributed by atoms with Gasteiger partial charge in [-0.3, -0.25) is 4.57 Å². The van der Waals surface area contributed by atoms with E-state index in [1.807, 2.05) is 115 Å². The monoisotopic (exact) mass is 540 g/mol. The van der Waals surface area contributed by atoms with Gasteiger partial charge in [0.25, 0.3) is 0 Å². The summed E-state index contributed by atoms with van der Waals surface area (Å²) in [7, 11) is 0. The number of urea groups is 1. The maximum absolute atomic E-state index is 12.6. The van der Waals surface area contributed by atoms with Gasteiger partial charge in [-0.15, -0.1) is 0 Å². The van der Waals surface area contributed by atoms with Crippen molar-refractivity contribution in [2.45, 2.75) is 0 Å². The van der Waals surface area contributed by atoms with Crippen LogP contribution < -0.4 is 10.6 Å². The molecule has 0 saturated heterocycles. The van der Waals surface area contributed by atoms with Crippen molar-refractivity contribution in [3.63, 3.8) is 0 Å². The molecule has 0 aliphatic heterocycles. The molecule has 0 spiro atoms. The Kier molecular flexibility index (Phi) is 7.12. The summed E-state index contributed by atoms with van der Waals surface area (Å²) in [4.78, 5) is 17.7. The third-order valence-corrected chi connectivity index (χ3v) is 6.74. The SMILES string of the molecule is O=C(Nc1ccccc1)Nc1ccc(-n2c(-c3ccc(Cl)cc3)nc(-c3ccccc3)c2-c2ccccc2)cc1. The molecule has 6 aromatic rings. The van der Waals surface area contributed by atoms with Crippen LogP contribution in [0.25, 0.3) is 39.6 Å². The van der Waals surface area contributed by atoms with Crippen molar-refractivity contribution in [1.82, 2.24) is 9.55 Å². The summed E-state index contributed by atoms with van der Waals surface area (Å²) < 4.78 is 2.16. The van der Waals surface area contributed by atoms with E-state index in [0.29, 0.717) is 10.7 Å². The van der Waals surface area contributed by atoms with E-state index in [1.165, 1.54) is 0 Å². The van der Waals surface area contributed by atoms with Gasteiger partial charge >= 0.3 is 6.03 Å². The van der Waals surface area contributed by atoms with Crippen LogP contribution in [0.3, 0.4) is 0 Å². The van der Waals surface area contributed by atoms with E-state index in [0.717, 1.165) is 45.3 Å². The Labute approximate surface area is 237 Å². The molecular weight excluding hydrogens is 516 g/mol. The fraction of sp³-hybridized carbons (Fsp3) is 0. The average Bonchev–Trinajstić information content (AvgIpc) is 3.40. The molecule has 6 heteroatoms. The smallest absolute Gasteiger partial charge is 0.308 e. The zero-order chi connectivity index (χ0) is 27.3. The van der Waals surface area contributed by atoms with E-state index >= 15 is 0 Å². The minimum Gasteiger partial charge on any atom is -0.308 e. The van der Waals surface area contributed by atoms with Crippen LogP contribution in [-0.4, -0.2) is 15.6 Å². The molecule has 0 fully saturated rings. The fourth-order valence-corrected chi connectivity index (χ4v) is 4.76. The Morgan fingerprint density at radius 1 is 0.575 bits per heavy atom. The van der Waals surface area contributed by atoms with Crippen LogP contribution in [-0.2, 0) is 0 Å². The Morgan fingerprint density at radius 2 is 1.10 bits per heavy atom. The quantitative estimate of drug-likeness (QED) is 0.221. The van der Waals surface area contributed by atoms with Crippen LogP contribution in [0.15, 0.2) is 140 Å². The number of hydrogen-bond donors (Lipinski definition) is 2. The van der Waals surface area contributed by atoms with Gasteiger partial charge in [-0.1, -0.05) is 90.5 Å². The van der Waals surface area contributed by atoms with E-state index in [2.05, 4.69) is 39.5 Å². The van der Waals surface area contributed by atoms with Gasteiger partial charge in [-0.05, 0) is 60.7 Å². The molecule has 1 aromatic heterocycles. The van der Waals surface area contributed by atoms with Gasteiger partial charge in [0, 0.05) is 38.8 Å². The summed E-state index contributed by atoms with van der Waals surface area (Å²) in [6, 6.07) is 44.9. The first-order chi connectivity index (χ1) is 19.7. The predicted octanol–water partition coefficient (Wildman–Crippen LogP) is 9.17. The van der Waals surface area contributed by atoms with Crippen molar-refractivity contribution in [3.8, 4) is 39.6 Å². The summed E-state index contributed by atoms with van der Waals surface area (Å²) in [5.41, 5.74) is 7.16. The Balaban J connectivity index is 1.45. The average molecular weight is 541 g/mol. The number of nitrogens with zero attached hydrogens (tertiary/aromatic N) is 2. The summed E-state index contributed by atoms with van der Waals surface area (Å²) in [6.45, 7) is 0. The molecule has 1 heterocycles. The number of benzene rings is 5. The molecule has 0 aliphatic rings. The lowest BCUT2D eigenvalue weighted by Gasteiger charge is -2.15. The summed E-state index contributed by atoms with van der Waals surface area (Å²) in [6.07, 6.45) is 0. The lowest BCUT2D eigenvalue weighted by Crippen LogP contribution is -2.19. The van der Waals surface area contributed by atoms with E-state index in [1.54, 1.807) is 0 Å². The van der Waals surface area contributed by atoms with Gasteiger partial charge in [0.2, 0.25) is 0 Å². The van der Waals surface area contributed by atoms with Crippen LogP contribution in [0.1, 0.15) is 0 Å². The molecule has 6 rings (SSSR count). The summed E-state index contributed by atoms with van der Waals surface area (Å²) in [5, 5.41) is 6.42. The largest absolute Gasteiger partial charge is 0.323 e. The molecule has 0 bridgehead atoms. The molecule has 0 aliphatic carbocycles. The van der Waals surface area contributed by atoms with Gasteiger partial charge in [0.05, 0.1) is 11.4 Å². The van der Waals surface area contributed by atoms with E-state index in [4.69, 9.17) is 16.6 Å². The highest BCUT2D eigenvalue weighted by molar-refractivity contribution is 6.30. The number of carbonyl (C=O) groups is 1. The maximum Gasteiger partial charge on any atom is 0.323 e. The van der Waals surface area contributed by atoms with Crippen molar-refractivity contribution in [1.29, 1.82) is 0 Å². The topological polar surface area (TPSA) is 59.0 Å². The minimum atomic E-state index is -0.306. The molecule has 5 aromatic carbocycles. The summed E-state index contributed by atoms with van der Waals surface area (Å²) in [5.74, 6) is 0.789. The number of nitrogens with one attached hydrogen (secondary N) is 2. The maximum atomic E-state index is 12.6. The van der Waals surface area contributed by atoms with Crippen LogP contribution in [0.2, 0.25) is 5.02 Å². The highest BCUT2D eigenvalue weighted by atomic mass is 35.5. The molecule has 0 atom stereocenters. The molecule has 5 nitrogen and oxygen atoms in total. The zero-order valence-electron chi connectivity index (χ0n) is 21.5. The first kappa shape index (κ1) is 25.2. The molecule has 0 unspecified atom stereocenters. The summed E-state index contributed by atoms with van der Waals surface area (Å²) >= 11 is 6.23. The third-order valence-electron chi connectivity index (χ3n) is 6.49. The van der Waals surface area contributed by atoms with Gasteiger partial charge < -0.3 is 10.6 Å². The number of hydrogen-bond acceptors (Lipinski definition) is 2. The highest BCUT2D eigenvalue weighted by Gasteiger charge is 2.22. The van der Waals surface area contributed by atoms with Gasteiger partial charge in [0.15, 0.2) is 0 Å². The fourth-order valence-electron chi connectivity index (χ4n) is 4.63. The van der Waals surface area contributed by atoms with Crippen molar-refractivity contribution in [2.75, 3.05) is 10.6 Å². The molecular formula is C34H25ClN4O. The Hall–Kier alpha value is -5.13. The molecule has 0 saturated carbocycles. The molecule has 2 N–H and O–H groups in total. The molecule has 40 heavy (non-hydrogen) atoms. The number of anilines is 2.